The molecular weight excluding hydrogens is 460 g/mol. The molecule has 0 spiro atoms. The summed E-state index contributed by atoms with van der Waals surface area (Å²) in [5, 5.41) is 13.1. The van der Waals surface area contributed by atoms with Crippen molar-refractivity contribution in [3.05, 3.63) is 142 Å². The fraction of sp³-hybridized carbons (Fsp3) is 0.351. The van der Waals surface area contributed by atoms with E-state index in [1.165, 1.54) is 33.4 Å². The Morgan fingerprint density at radius 1 is 0.500 bits per heavy atom. The maximum absolute atomic E-state index is 13.1. The molecule has 3 aliphatic rings. The lowest BCUT2D eigenvalue weighted by molar-refractivity contribution is -0.00438. The fourth-order valence-electron chi connectivity index (χ4n) is 7.09. The second-order valence-corrected chi connectivity index (χ2v) is 13.6. The highest BCUT2D eigenvalue weighted by Crippen LogP contribution is 2.61. The molecule has 194 valence electrons. The van der Waals surface area contributed by atoms with E-state index in [4.69, 9.17) is 0 Å². The molecule has 1 heteroatoms. The van der Waals surface area contributed by atoms with Gasteiger partial charge in [-0.1, -0.05) is 139 Å². The quantitative estimate of drug-likeness (QED) is 0.298. The van der Waals surface area contributed by atoms with E-state index in [1.54, 1.807) is 0 Å². The van der Waals surface area contributed by atoms with Gasteiger partial charge in [0, 0.05) is 17.8 Å². The Kier molecular flexibility index (Phi) is 5.74. The van der Waals surface area contributed by atoms with Crippen molar-refractivity contribution in [2.75, 3.05) is 0 Å². The highest BCUT2D eigenvalue weighted by molar-refractivity contribution is 5.58. The number of fused-ring (bicyclic) bond motifs is 1. The van der Waals surface area contributed by atoms with Gasteiger partial charge in [0.2, 0.25) is 0 Å². The lowest BCUT2D eigenvalue weighted by atomic mass is 9.53. The summed E-state index contributed by atoms with van der Waals surface area (Å²) in [7, 11) is 0. The van der Waals surface area contributed by atoms with Crippen molar-refractivity contribution in [3.8, 4) is 0 Å². The minimum absolute atomic E-state index is 0.0262. The number of hydrogen-bond acceptors (Lipinski definition) is 1. The van der Waals surface area contributed by atoms with E-state index in [2.05, 4.69) is 139 Å². The molecule has 3 aliphatic carbocycles. The fourth-order valence-corrected chi connectivity index (χ4v) is 7.09. The van der Waals surface area contributed by atoms with Crippen LogP contribution in [0.5, 0.6) is 0 Å². The van der Waals surface area contributed by atoms with Gasteiger partial charge in [0.1, 0.15) is 5.60 Å². The zero-order valence-electron chi connectivity index (χ0n) is 23.6. The molecule has 7 rings (SSSR count). The first-order valence-electron chi connectivity index (χ1n) is 14.1. The molecule has 1 N–H and O–H groups in total. The maximum atomic E-state index is 13.1. The molecule has 0 aromatic heterocycles. The largest absolute Gasteiger partial charge is 0.380 e. The molecule has 4 aromatic rings. The van der Waals surface area contributed by atoms with Crippen LogP contribution in [-0.2, 0) is 16.4 Å². The molecular formula is C37H40O. The monoisotopic (exact) mass is 500 g/mol. The predicted octanol–water partition coefficient (Wildman–Crippen LogP) is 8.81. The molecule has 0 aliphatic heterocycles. The minimum Gasteiger partial charge on any atom is -0.380 e. The third-order valence-electron chi connectivity index (χ3n) is 9.22. The topological polar surface area (TPSA) is 20.2 Å². The summed E-state index contributed by atoms with van der Waals surface area (Å²) < 4.78 is 0. The van der Waals surface area contributed by atoms with E-state index in [0.29, 0.717) is 5.92 Å². The van der Waals surface area contributed by atoms with Crippen molar-refractivity contribution in [1.29, 1.82) is 0 Å². The van der Waals surface area contributed by atoms with Gasteiger partial charge in [-0.05, 0) is 61.8 Å². The first kappa shape index (κ1) is 25.1. The number of hydrogen-bond donors (Lipinski definition) is 1. The van der Waals surface area contributed by atoms with Crippen LogP contribution in [0.1, 0.15) is 104 Å². The molecule has 38 heavy (non-hydrogen) atoms. The van der Waals surface area contributed by atoms with E-state index in [-0.39, 0.29) is 22.7 Å². The summed E-state index contributed by atoms with van der Waals surface area (Å²) in [6.45, 7) is 13.5. The highest BCUT2D eigenvalue weighted by Gasteiger charge is 2.53. The molecule has 1 atom stereocenters. The van der Waals surface area contributed by atoms with E-state index >= 15 is 0 Å². The molecule has 0 saturated carbocycles. The Labute approximate surface area is 228 Å². The average Bonchev–Trinajstić information content (AvgIpc) is 2.92. The first-order chi connectivity index (χ1) is 18.0. The van der Waals surface area contributed by atoms with E-state index in [9.17, 15) is 5.11 Å². The summed E-state index contributed by atoms with van der Waals surface area (Å²) in [5.41, 5.74) is 9.17. The van der Waals surface area contributed by atoms with Crippen LogP contribution in [0.2, 0.25) is 0 Å². The Morgan fingerprint density at radius 2 is 0.842 bits per heavy atom. The maximum Gasteiger partial charge on any atom is 0.118 e. The van der Waals surface area contributed by atoms with Gasteiger partial charge in [0.15, 0.2) is 0 Å². The molecule has 0 fully saturated rings. The normalized spacial score (nSPS) is 20.7. The van der Waals surface area contributed by atoms with Gasteiger partial charge in [0.05, 0.1) is 0 Å². The second-order valence-electron chi connectivity index (χ2n) is 13.6. The van der Waals surface area contributed by atoms with Crippen molar-refractivity contribution in [3.63, 3.8) is 0 Å². The Morgan fingerprint density at radius 3 is 1.21 bits per heavy atom. The molecule has 2 bridgehead atoms. The highest BCUT2D eigenvalue weighted by atomic mass is 16.3. The van der Waals surface area contributed by atoms with Crippen LogP contribution in [-0.4, -0.2) is 5.11 Å². The van der Waals surface area contributed by atoms with Gasteiger partial charge in [0.25, 0.3) is 0 Å². The number of aliphatic hydroxyl groups is 1. The van der Waals surface area contributed by atoms with Crippen LogP contribution in [0.15, 0.2) is 97.1 Å². The zero-order chi connectivity index (χ0) is 26.9. The van der Waals surface area contributed by atoms with Crippen LogP contribution in [0.4, 0.5) is 0 Å². The van der Waals surface area contributed by atoms with E-state index in [1.807, 2.05) is 0 Å². The molecule has 1 nitrogen and oxygen atoms in total. The van der Waals surface area contributed by atoms with Crippen LogP contribution in [0, 0.1) is 5.92 Å². The lowest BCUT2D eigenvalue weighted by Crippen LogP contribution is -2.46. The predicted molar refractivity (Wildman–Crippen MR) is 158 cm³/mol. The summed E-state index contributed by atoms with van der Waals surface area (Å²) >= 11 is 0. The van der Waals surface area contributed by atoms with Gasteiger partial charge in [-0.3, -0.25) is 0 Å². The molecule has 0 amide bonds. The van der Waals surface area contributed by atoms with E-state index < -0.39 is 5.60 Å². The summed E-state index contributed by atoms with van der Waals surface area (Å²) in [4.78, 5) is 0. The zero-order valence-corrected chi connectivity index (χ0v) is 23.6. The Bertz CT molecular complexity index is 1360. The third kappa shape index (κ3) is 3.86. The van der Waals surface area contributed by atoms with Crippen LogP contribution >= 0.6 is 0 Å². The Hall–Kier alpha value is -3.16. The van der Waals surface area contributed by atoms with Crippen molar-refractivity contribution >= 4 is 0 Å². The third-order valence-corrected chi connectivity index (χ3v) is 9.22. The van der Waals surface area contributed by atoms with Gasteiger partial charge in [-0.25, -0.2) is 0 Å². The van der Waals surface area contributed by atoms with Crippen LogP contribution < -0.4 is 0 Å². The van der Waals surface area contributed by atoms with Crippen molar-refractivity contribution in [1.82, 2.24) is 0 Å². The van der Waals surface area contributed by atoms with Crippen LogP contribution in [0.3, 0.4) is 0 Å². The first-order valence-corrected chi connectivity index (χ1v) is 14.1. The van der Waals surface area contributed by atoms with Crippen molar-refractivity contribution in [2.24, 2.45) is 5.92 Å². The van der Waals surface area contributed by atoms with Gasteiger partial charge in [-0.2, -0.15) is 0 Å². The molecule has 4 aromatic carbocycles. The van der Waals surface area contributed by atoms with E-state index in [0.717, 1.165) is 17.5 Å². The van der Waals surface area contributed by atoms with Crippen LogP contribution in [0.25, 0.3) is 0 Å². The van der Waals surface area contributed by atoms with Gasteiger partial charge < -0.3 is 5.11 Å². The molecule has 0 radical (unpaired) electrons. The lowest BCUT2D eigenvalue weighted by Gasteiger charge is -2.51. The standard InChI is InChI=1S/C37H40O/c1-35(2,3)24-15-19-26(20-16-24)37(38,27-21-17-25(18-22-27)36(4,5)6)33-23-32-28-11-7-9-13-30(28)34(33)31-14-10-8-12-29(31)32/h7-22,32-34,38H,23H2,1-6H3. The minimum atomic E-state index is -1.11. The van der Waals surface area contributed by atoms with Crippen molar-refractivity contribution in [2.45, 2.75) is 76.2 Å². The average molecular weight is 501 g/mol. The summed E-state index contributed by atoms with van der Waals surface area (Å²) in [6, 6.07) is 35.4. The molecule has 0 saturated heterocycles. The summed E-state index contributed by atoms with van der Waals surface area (Å²) in [5.74, 6) is 0.465. The van der Waals surface area contributed by atoms with Crippen molar-refractivity contribution < 1.29 is 5.11 Å². The Balaban J connectivity index is 1.56. The second kappa shape index (κ2) is 8.68. The smallest absolute Gasteiger partial charge is 0.118 e. The summed E-state index contributed by atoms with van der Waals surface area (Å²) in [6.07, 6.45) is 0.928. The number of rotatable bonds is 3. The molecule has 1 unspecified atom stereocenters. The number of benzene rings is 4. The molecule has 0 heterocycles. The SMILES string of the molecule is CC(C)(C)c1ccc(C(O)(c2ccc(C(C)(C)C)cc2)C2CC3c4ccccc4C2c2ccccc23)cc1. The van der Waals surface area contributed by atoms with Gasteiger partial charge in [-0.15, -0.1) is 0 Å². The van der Waals surface area contributed by atoms with Gasteiger partial charge >= 0.3 is 0 Å².